The fourth-order valence-corrected chi connectivity index (χ4v) is 4.61. The van der Waals surface area contributed by atoms with E-state index in [9.17, 15) is 19.5 Å². The Morgan fingerprint density at radius 1 is 1.21 bits per heavy atom. The average molecular weight is 623 g/mol. The number of carbonyl (C=O) groups is 3. The number of nitrogens with zero attached hydrogens (tertiary/aromatic N) is 1. The summed E-state index contributed by atoms with van der Waals surface area (Å²) in [7, 11) is 1.38. The standard InChI is InChI=1S/C29H38N2O11S/c1-5-37-15-23(32)39-16-40-26-22(36-3)11-12-30-24(26)27(33)31-21-14-38-28(34)20(13-19-9-7-6-8-10-19)25(41-17-43-4)18(2)42-29(21)35/h6-12,18,20-21,25,27,31,33H,5,13-17H2,1-4H3/t18-,20+,21-,25-,27?/m0/s1. The lowest BCUT2D eigenvalue weighted by molar-refractivity contribution is -0.162. The van der Waals surface area contributed by atoms with Crippen LogP contribution < -0.4 is 14.8 Å². The van der Waals surface area contributed by atoms with Crippen molar-refractivity contribution in [3.05, 3.63) is 53.9 Å². The van der Waals surface area contributed by atoms with Crippen molar-refractivity contribution < 1.29 is 52.6 Å². The number of rotatable bonds is 15. The van der Waals surface area contributed by atoms with Crippen molar-refractivity contribution in [2.24, 2.45) is 5.92 Å². The van der Waals surface area contributed by atoms with Gasteiger partial charge in [0.15, 0.2) is 17.7 Å². The van der Waals surface area contributed by atoms with E-state index in [4.69, 9.17) is 33.2 Å². The summed E-state index contributed by atoms with van der Waals surface area (Å²) < 4.78 is 38.1. The number of hydrogen-bond donors (Lipinski definition) is 2. The molecule has 3 rings (SSSR count). The van der Waals surface area contributed by atoms with E-state index < -0.39 is 61.7 Å². The molecule has 0 amide bonds. The predicted molar refractivity (Wildman–Crippen MR) is 154 cm³/mol. The Labute approximate surface area is 254 Å². The smallest absolute Gasteiger partial charge is 0.334 e. The van der Waals surface area contributed by atoms with Crippen LogP contribution >= 0.6 is 11.8 Å². The van der Waals surface area contributed by atoms with Crippen molar-refractivity contribution in [2.75, 3.05) is 45.9 Å². The normalized spacial score (nSPS) is 21.4. The van der Waals surface area contributed by atoms with E-state index in [1.54, 1.807) is 13.8 Å². The quantitative estimate of drug-likeness (QED) is 0.169. The fourth-order valence-electron chi connectivity index (χ4n) is 4.31. The maximum Gasteiger partial charge on any atom is 0.334 e. The van der Waals surface area contributed by atoms with Gasteiger partial charge in [-0.05, 0) is 32.1 Å². The van der Waals surface area contributed by atoms with Crippen LogP contribution in [0.25, 0.3) is 0 Å². The molecule has 0 saturated carbocycles. The van der Waals surface area contributed by atoms with Crippen LogP contribution in [0.5, 0.6) is 11.5 Å². The summed E-state index contributed by atoms with van der Waals surface area (Å²) in [5, 5.41) is 13.8. The molecule has 1 aromatic carbocycles. The van der Waals surface area contributed by atoms with E-state index >= 15 is 0 Å². The number of carbonyl (C=O) groups excluding carboxylic acids is 3. The zero-order valence-corrected chi connectivity index (χ0v) is 25.4. The molecule has 1 unspecified atom stereocenters. The highest BCUT2D eigenvalue weighted by Crippen LogP contribution is 2.33. The number of cyclic esters (lactones) is 2. The first-order chi connectivity index (χ1) is 20.8. The molecule has 1 aliphatic heterocycles. The molecule has 1 fully saturated rings. The molecule has 43 heavy (non-hydrogen) atoms. The Morgan fingerprint density at radius 2 is 1.98 bits per heavy atom. The molecule has 2 aromatic rings. The number of aliphatic hydroxyl groups excluding tert-OH is 1. The van der Waals surface area contributed by atoms with Crippen LogP contribution in [0, 0.1) is 5.92 Å². The van der Waals surface area contributed by atoms with Gasteiger partial charge in [0.1, 0.15) is 37.2 Å². The molecule has 5 atom stereocenters. The number of methoxy groups -OCH3 is 1. The average Bonchev–Trinajstić information content (AvgIpc) is 3.04. The van der Waals surface area contributed by atoms with Gasteiger partial charge in [0.25, 0.3) is 0 Å². The monoisotopic (exact) mass is 622 g/mol. The van der Waals surface area contributed by atoms with Gasteiger partial charge in [0, 0.05) is 18.9 Å². The lowest BCUT2D eigenvalue weighted by atomic mass is 9.91. The van der Waals surface area contributed by atoms with Crippen LogP contribution in [-0.2, 0) is 44.5 Å². The molecule has 0 aliphatic carbocycles. The molecule has 0 bridgehead atoms. The Balaban J connectivity index is 1.78. The molecule has 2 N–H and O–H groups in total. The third-order valence-corrected chi connectivity index (χ3v) is 6.77. The predicted octanol–water partition coefficient (Wildman–Crippen LogP) is 2.01. The second-order valence-corrected chi connectivity index (χ2v) is 10.2. The first kappa shape index (κ1) is 34.1. The van der Waals surface area contributed by atoms with E-state index in [0.717, 1.165) is 5.56 Å². The lowest BCUT2D eigenvalue weighted by Gasteiger charge is -2.29. The summed E-state index contributed by atoms with van der Waals surface area (Å²) in [6.07, 6.45) is 0.315. The SMILES string of the molecule is CCOCC(=O)OCOc1c(OC)ccnc1C(O)N[C@H]1COC(=O)[C@H](Cc2ccccc2)[C@@H](OCSC)[C@H](C)OC1=O. The minimum atomic E-state index is -1.61. The van der Waals surface area contributed by atoms with Crippen molar-refractivity contribution in [3.8, 4) is 11.5 Å². The van der Waals surface area contributed by atoms with Gasteiger partial charge >= 0.3 is 17.9 Å². The molecule has 1 saturated heterocycles. The molecule has 0 spiro atoms. The van der Waals surface area contributed by atoms with Gasteiger partial charge in [-0.1, -0.05) is 30.3 Å². The lowest BCUT2D eigenvalue weighted by Crippen LogP contribution is -2.45. The molecule has 14 heteroatoms. The van der Waals surface area contributed by atoms with Gasteiger partial charge in [-0.3, -0.25) is 19.9 Å². The summed E-state index contributed by atoms with van der Waals surface area (Å²) in [5.41, 5.74) is 0.820. The molecule has 13 nitrogen and oxygen atoms in total. The van der Waals surface area contributed by atoms with Crippen LogP contribution in [0.2, 0.25) is 0 Å². The number of esters is 3. The Hall–Kier alpha value is -3.43. The van der Waals surface area contributed by atoms with Crippen molar-refractivity contribution in [1.29, 1.82) is 0 Å². The minimum absolute atomic E-state index is 0.0375. The Kier molecular flexibility index (Phi) is 14.0. The molecular formula is C29H38N2O11S. The molecule has 1 aliphatic rings. The first-order valence-corrected chi connectivity index (χ1v) is 15.0. The van der Waals surface area contributed by atoms with E-state index in [-0.39, 0.29) is 29.7 Å². The van der Waals surface area contributed by atoms with E-state index in [1.165, 1.54) is 31.1 Å². The summed E-state index contributed by atoms with van der Waals surface area (Å²) >= 11 is 1.42. The van der Waals surface area contributed by atoms with E-state index in [0.29, 0.717) is 13.0 Å². The third kappa shape index (κ3) is 10.1. The number of hydrogen-bond acceptors (Lipinski definition) is 14. The van der Waals surface area contributed by atoms with Crippen molar-refractivity contribution in [3.63, 3.8) is 0 Å². The largest absolute Gasteiger partial charge is 0.493 e. The highest BCUT2D eigenvalue weighted by atomic mass is 32.2. The van der Waals surface area contributed by atoms with Gasteiger partial charge in [-0.25, -0.2) is 4.79 Å². The Bertz CT molecular complexity index is 1190. The van der Waals surface area contributed by atoms with Crippen molar-refractivity contribution in [1.82, 2.24) is 10.3 Å². The van der Waals surface area contributed by atoms with Crippen LogP contribution in [0.1, 0.15) is 31.3 Å². The number of benzene rings is 1. The first-order valence-electron chi connectivity index (χ1n) is 13.6. The Morgan fingerprint density at radius 3 is 2.67 bits per heavy atom. The second-order valence-electron chi connectivity index (χ2n) is 9.37. The number of pyridine rings is 1. The van der Waals surface area contributed by atoms with Gasteiger partial charge < -0.3 is 38.3 Å². The minimum Gasteiger partial charge on any atom is -0.493 e. The summed E-state index contributed by atoms with van der Waals surface area (Å²) in [4.78, 5) is 42.5. The summed E-state index contributed by atoms with van der Waals surface area (Å²) in [6.45, 7) is 2.52. The van der Waals surface area contributed by atoms with Gasteiger partial charge in [0.05, 0.1) is 19.0 Å². The molecular weight excluding hydrogens is 584 g/mol. The van der Waals surface area contributed by atoms with Crippen molar-refractivity contribution >= 4 is 29.7 Å². The number of aliphatic hydroxyl groups is 1. The maximum atomic E-state index is 13.4. The third-order valence-electron chi connectivity index (χ3n) is 6.40. The summed E-state index contributed by atoms with van der Waals surface area (Å²) in [6, 6.07) is 9.60. The zero-order valence-electron chi connectivity index (χ0n) is 24.6. The maximum absolute atomic E-state index is 13.4. The fraction of sp³-hybridized carbons (Fsp3) is 0.517. The molecule has 1 aromatic heterocycles. The van der Waals surface area contributed by atoms with Gasteiger partial charge in [-0.2, -0.15) is 0 Å². The van der Waals surface area contributed by atoms with E-state index in [2.05, 4.69) is 10.3 Å². The summed E-state index contributed by atoms with van der Waals surface area (Å²) in [5.74, 6) is -2.33. The highest BCUT2D eigenvalue weighted by Gasteiger charge is 2.40. The second kappa shape index (κ2) is 17.6. The number of ether oxygens (including phenoxy) is 7. The van der Waals surface area contributed by atoms with Crippen LogP contribution in [-0.4, -0.2) is 92.2 Å². The number of thioether (sulfide) groups is 1. The number of nitrogens with one attached hydrogen (secondary N) is 1. The molecule has 236 valence electrons. The van der Waals surface area contributed by atoms with Crippen LogP contribution in [0.3, 0.4) is 0 Å². The number of aromatic nitrogens is 1. The molecule has 2 heterocycles. The van der Waals surface area contributed by atoms with E-state index in [1.807, 2.05) is 36.6 Å². The van der Waals surface area contributed by atoms with Crippen LogP contribution in [0.15, 0.2) is 42.6 Å². The molecule has 0 radical (unpaired) electrons. The van der Waals surface area contributed by atoms with Crippen LogP contribution in [0.4, 0.5) is 0 Å². The zero-order chi connectivity index (χ0) is 31.2. The van der Waals surface area contributed by atoms with Gasteiger partial charge in [-0.15, -0.1) is 11.8 Å². The highest BCUT2D eigenvalue weighted by molar-refractivity contribution is 7.98. The topological polar surface area (TPSA) is 161 Å². The van der Waals surface area contributed by atoms with Gasteiger partial charge in [0.2, 0.25) is 6.79 Å². The van der Waals surface area contributed by atoms with Crippen molar-refractivity contribution in [2.45, 2.75) is 44.7 Å².